The van der Waals surface area contributed by atoms with Crippen molar-refractivity contribution in [2.45, 2.75) is 12.4 Å². The first-order valence-corrected chi connectivity index (χ1v) is 2.78. The van der Waals surface area contributed by atoms with Crippen LogP contribution >= 0.6 is 0 Å². The number of alkyl halides is 6. The van der Waals surface area contributed by atoms with Gasteiger partial charge in [0.1, 0.15) is 6.79 Å². The first kappa shape index (κ1) is 19.7. The monoisotopic (exact) mass is 258 g/mol. The molecule has 0 aliphatic rings. The summed E-state index contributed by atoms with van der Waals surface area (Å²) in [5.41, 5.74) is 0. The van der Waals surface area contributed by atoms with Crippen molar-refractivity contribution in [3.05, 3.63) is 0 Å². The van der Waals surface area contributed by atoms with Crippen molar-refractivity contribution in [3.63, 3.8) is 0 Å². The average molecular weight is 258 g/mol. The summed E-state index contributed by atoms with van der Waals surface area (Å²) in [6, 6.07) is 0. The summed E-state index contributed by atoms with van der Waals surface area (Å²) >= 11 is 0. The highest BCUT2D eigenvalue weighted by atomic mass is 19.4. The molecule has 0 saturated carbocycles. The molecular formula is C5H4F6O5. The summed E-state index contributed by atoms with van der Waals surface area (Å²) in [5, 5.41) is 14.2. The molecule has 11 heteroatoms. The van der Waals surface area contributed by atoms with E-state index < -0.39 is 24.3 Å². The maximum atomic E-state index is 10.6. The van der Waals surface area contributed by atoms with Crippen LogP contribution in [-0.4, -0.2) is 41.3 Å². The zero-order valence-electron chi connectivity index (χ0n) is 7.09. The summed E-state index contributed by atoms with van der Waals surface area (Å²) < 4.78 is 63.5. The number of halogens is 6. The predicted molar refractivity (Wildman–Crippen MR) is 34.5 cm³/mol. The first-order chi connectivity index (χ1) is 6.89. The van der Waals surface area contributed by atoms with Crippen LogP contribution in [0, 0.1) is 0 Å². The van der Waals surface area contributed by atoms with E-state index in [4.69, 9.17) is 24.6 Å². The SMILES string of the molecule is C=O.O=C(O)C(F)(F)F.O=C(O)C(F)(F)F. The van der Waals surface area contributed by atoms with Gasteiger partial charge in [-0.05, 0) is 0 Å². The van der Waals surface area contributed by atoms with Gasteiger partial charge in [-0.1, -0.05) is 0 Å². The largest absolute Gasteiger partial charge is 0.490 e. The Balaban J connectivity index is -0.000000183. The molecule has 0 atom stereocenters. The minimum Gasteiger partial charge on any atom is -0.475 e. The Morgan fingerprint density at radius 2 is 0.812 bits per heavy atom. The highest BCUT2D eigenvalue weighted by molar-refractivity contribution is 5.73. The number of hydrogen-bond acceptors (Lipinski definition) is 3. The second kappa shape index (κ2) is 7.48. The molecular weight excluding hydrogens is 254 g/mol. The van der Waals surface area contributed by atoms with Gasteiger partial charge in [-0.25, -0.2) is 9.59 Å². The van der Waals surface area contributed by atoms with Gasteiger partial charge in [0, 0.05) is 0 Å². The molecule has 0 amide bonds. The number of aliphatic carboxylic acids is 2. The summed E-state index contributed by atoms with van der Waals surface area (Å²) in [5.74, 6) is -5.51. The van der Waals surface area contributed by atoms with E-state index in [9.17, 15) is 26.3 Å². The molecule has 0 unspecified atom stereocenters. The molecule has 0 aromatic heterocycles. The zero-order valence-corrected chi connectivity index (χ0v) is 7.09. The van der Waals surface area contributed by atoms with Crippen LogP contribution in [0.1, 0.15) is 0 Å². The van der Waals surface area contributed by atoms with Gasteiger partial charge in [0.15, 0.2) is 0 Å². The topological polar surface area (TPSA) is 91.7 Å². The molecule has 0 aliphatic heterocycles. The standard InChI is InChI=1S/2C2HF3O2.CH2O/c2*3-2(4,5)1(6)7;1-2/h2*(H,6,7);1H2. The minimum atomic E-state index is -5.08. The average Bonchev–Trinajstić information content (AvgIpc) is 2.05. The Morgan fingerprint density at radius 1 is 0.750 bits per heavy atom. The van der Waals surface area contributed by atoms with Gasteiger partial charge in [0.05, 0.1) is 0 Å². The summed E-state index contributed by atoms with van der Waals surface area (Å²) in [6.07, 6.45) is -10.2. The minimum absolute atomic E-state index is 2.00. The molecule has 0 fully saturated rings. The van der Waals surface area contributed by atoms with E-state index in [1.807, 2.05) is 6.79 Å². The summed E-state index contributed by atoms with van der Waals surface area (Å²) in [4.78, 5) is 25.8. The lowest BCUT2D eigenvalue weighted by Gasteiger charge is -1.93. The van der Waals surface area contributed by atoms with Crippen LogP contribution in [-0.2, 0) is 14.4 Å². The second-order valence-corrected chi connectivity index (χ2v) is 1.61. The molecule has 0 bridgehead atoms. The molecule has 0 spiro atoms. The van der Waals surface area contributed by atoms with Crippen molar-refractivity contribution >= 4 is 18.7 Å². The smallest absolute Gasteiger partial charge is 0.475 e. The molecule has 0 saturated heterocycles. The predicted octanol–water partition coefficient (Wildman–Crippen LogP) is 1.08. The third-order valence-electron chi connectivity index (χ3n) is 0.485. The van der Waals surface area contributed by atoms with E-state index in [2.05, 4.69) is 0 Å². The number of hydrogen-bond donors (Lipinski definition) is 2. The van der Waals surface area contributed by atoms with Crippen LogP contribution in [0.25, 0.3) is 0 Å². The lowest BCUT2D eigenvalue weighted by molar-refractivity contribution is -0.193. The van der Waals surface area contributed by atoms with Gasteiger partial charge in [-0.15, -0.1) is 0 Å². The Labute approximate surface area is 83.3 Å². The van der Waals surface area contributed by atoms with Crippen LogP contribution < -0.4 is 0 Å². The van der Waals surface area contributed by atoms with Gasteiger partial charge in [0.25, 0.3) is 0 Å². The highest BCUT2D eigenvalue weighted by Crippen LogP contribution is 2.13. The van der Waals surface area contributed by atoms with E-state index in [0.29, 0.717) is 0 Å². The molecule has 16 heavy (non-hydrogen) atoms. The number of carboxylic acid groups (broad SMARTS) is 2. The fraction of sp³-hybridized carbons (Fsp3) is 0.400. The van der Waals surface area contributed by atoms with E-state index >= 15 is 0 Å². The molecule has 0 rings (SSSR count). The normalized spacial score (nSPS) is 10.1. The Kier molecular flexibility index (Phi) is 9.21. The molecule has 0 heterocycles. The van der Waals surface area contributed by atoms with Crippen LogP contribution in [0.3, 0.4) is 0 Å². The molecule has 0 aromatic carbocycles. The van der Waals surface area contributed by atoms with E-state index in [-0.39, 0.29) is 0 Å². The van der Waals surface area contributed by atoms with Crippen LogP contribution in [0.4, 0.5) is 26.3 Å². The second-order valence-electron chi connectivity index (χ2n) is 1.61. The molecule has 96 valence electrons. The molecule has 0 radical (unpaired) electrons. The quantitative estimate of drug-likeness (QED) is 0.634. The van der Waals surface area contributed by atoms with Crippen LogP contribution in [0.15, 0.2) is 0 Å². The van der Waals surface area contributed by atoms with Crippen molar-refractivity contribution in [1.29, 1.82) is 0 Å². The Hall–Kier alpha value is -1.81. The fourth-order valence-electron chi connectivity index (χ4n) is 0. The van der Waals surface area contributed by atoms with Crippen LogP contribution in [0.5, 0.6) is 0 Å². The summed E-state index contributed by atoms with van der Waals surface area (Å²) in [7, 11) is 0. The van der Waals surface area contributed by atoms with Gasteiger partial charge >= 0.3 is 24.3 Å². The number of carboxylic acids is 2. The fourth-order valence-corrected chi connectivity index (χ4v) is 0. The highest BCUT2D eigenvalue weighted by Gasteiger charge is 2.38. The van der Waals surface area contributed by atoms with Crippen molar-refractivity contribution in [2.24, 2.45) is 0 Å². The van der Waals surface area contributed by atoms with Crippen molar-refractivity contribution in [2.75, 3.05) is 0 Å². The number of carbonyl (C=O) groups excluding carboxylic acids is 1. The molecule has 0 aromatic rings. The molecule has 5 nitrogen and oxygen atoms in total. The van der Waals surface area contributed by atoms with Crippen LogP contribution in [0.2, 0.25) is 0 Å². The maximum absolute atomic E-state index is 10.6. The Morgan fingerprint density at radius 3 is 0.812 bits per heavy atom. The van der Waals surface area contributed by atoms with Crippen molar-refractivity contribution < 1.29 is 50.9 Å². The zero-order chi connectivity index (χ0) is 14.2. The first-order valence-electron chi connectivity index (χ1n) is 2.78. The van der Waals surface area contributed by atoms with Gasteiger partial charge in [-0.3, -0.25) is 0 Å². The molecule has 2 N–H and O–H groups in total. The molecule has 0 aliphatic carbocycles. The van der Waals surface area contributed by atoms with Gasteiger partial charge < -0.3 is 15.0 Å². The third-order valence-corrected chi connectivity index (χ3v) is 0.485. The van der Waals surface area contributed by atoms with Gasteiger partial charge in [0.2, 0.25) is 0 Å². The lowest BCUT2D eigenvalue weighted by Crippen LogP contribution is -2.21. The third kappa shape index (κ3) is 14.7. The van der Waals surface area contributed by atoms with Gasteiger partial charge in [-0.2, -0.15) is 26.3 Å². The van der Waals surface area contributed by atoms with E-state index in [1.165, 1.54) is 0 Å². The number of carbonyl (C=O) groups is 3. The lowest BCUT2D eigenvalue weighted by atomic mass is 10.7. The van der Waals surface area contributed by atoms with E-state index in [1.54, 1.807) is 0 Å². The van der Waals surface area contributed by atoms with Crippen molar-refractivity contribution in [1.82, 2.24) is 0 Å². The summed E-state index contributed by atoms with van der Waals surface area (Å²) in [6.45, 7) is 2.00. The van der Waals surface area contributed by atoms with E-state index in [0.717, 1.165) is 0 Å². The maximum Gasteiger partial charge on any atom is 0.490 e. The Bertz CT molecular complexity index is 206. The number of rotatable bonds is 0. The van der Waals surface area contributed by atoms with Crippen molar-refractivity contribution in [3.8, 4) is 0 Å².